The Morgan fingerprint density at radius 1 is 1.25 bits per heavy atom. The molecule has 0 aromatic heterocycles. The molecular weight excluding hydrogens is 304 g/mol. The van der Waals surface area contributed by atoms with E-state index in [1.807, 2.05) is 0 Å². The van der Waals surface area contributed by atoms with Gasteiger partial charge in [0.2, 0.25) is 10.0 Å². The number of likely N-dealkylation sites (N-methyl/N-ethyl adjacent to an activating group) is 1. The van der Waals surface area contributed by atoms with Crippen LogP contribution < -0.4 is 5.73 Å². The lowest BCUT2D eigenvalue weighted by molar-refractivity contribution is 0.257. The average molecular weight is 322 g/mol. The molecule has 7 nitrogen and oxygen atoms in total. The van der Waals surface area contributed by atoms with Gasteiger partial charge in [-0.15, -0.1) is 0 Å². The van der Waals surface area contributed by atoms with Crippen molar-refractivity contribution in [2.45, 2.75) is 16.7 Å². The number of sulfone groups is 1. The molecule has 0 saturated carbocycles. The van der Waals surface area contributed by atoms with E-state index in [1.165, 1.54) is 12.1 Å². The van der Waals surface area contributed by atoms with E-state index in [0.717, 1.165) is 16.6 Å². The third-order valence-corrected chi connectivity index (χ3v) is 5.87. The molecule has 0 spiro atoms. The smallest absolute Gasteiger partial charge is 0.245 e. The van der Waals surface area contributed by atoms with Crippen molar-refractivity contribution in [3.63, 3.8) is 0 Å². The zero-order valence-electron chi connectivity index (χ0n) is 11.3. The molecule has 0 aliphatic rings. The molecule has 0 radical (unpaired) electrons. The zero-order valence-corrected chi connectivity index (χ0v) is 12.9. The topological polar surface area (TPSA) is 118 Å². The Balaban J connectivity index is 3.45. The predicted octanol–water partition coefficient (Wildman–Crippen LogP) is -0.325. The number of hydrogen-bond acceptors (Lipinski definition) is 6. The van der Waals surface area contributed by atoms with Crippen LogP contribution in [0.4, 0.5) is 5.69 Å². The predicted molar refractivity (Wildman–Crippen MR) is 75.5 cm³/mol. The monoisotopic (exact) mass is 322 g/mol. The highest BCUT2D eigenvalue weighted by Crippen LogP contribution is 2.25. The van der Waals surface area contributed by atoms with Gasteiger partial charge in [0.1, 0.15) is 4.90 Å². The molecule has 0 bridgehead atoms. The van der Waals surface area contributed by atoms with Crippen LogP contribution in [0, 0.1) is 0 Å². The Labute approximate surface area is 119 Å². The van der Waals surface area contributed by atoms with Gasteiger partial charge in [-0.25, -0.2) is 16.8 Å². The second-order valence-corrected chi connectivity index (χ2v) is 8.11. The molecule has 0 aliphatic heterocycles. The lowest BCUT2D eigenvalue weighted by Gasteiger charge is -2.20. The minimum atomic E-state index is -3.94. The number of anilines is 1. The summed E-state index contributed by atoms with van der Waals surface area (Å²) < 4.78 is 48.8. The van der Waals surface area contributed by atoms with Crippen LogP contribution in [0.15, 0.2) is 28.0 Å². The molecule has 1 rings (SSSR count). The van der Waals surface area contributed by atoms with E-state index in [9.17, 15) is 16.8 Å². The highest BCUT2D eigenvalue weighted by molar-refractivity contribution is 7.91. The van der Waals surface area contributed by atoms with Crippen LogP contribution in [0.1, 0.15) is 6.92 Å². The summed E-state index contributed by atoms with van der Waals surface area (Å²) in [4.78, 5) is -0.388. The van der Waals surface area contributed by atoms with Gasteiger partial charge in [-0.2, -0.15) is 4.31 Å². The summed E-state index contributed by atoms with van der Waals surface area (Å²) >= 11 is 0. The molecule has 3 N–H and O–H groups in total. The Morgan fingerprint density at radius 2 is 1.85 bits per heavy atom. The van der Waals surface area contributed by atoms with E-state index < -0.39 is 19.9 Å². The summed E-state index contributed by atoms with van der Waals surface area (Å²) in [6.07, 6.45) is 0.986. The number of aliphatic hydroxyl groups excluding tert-OH is 1. The number of sulfonamides is 1. The van der Waals surface area contributed by atoms with Crippen molar-refractivity contribution in [2.24, 2.45) is 0 Å². The standard InChI is InChI=1S/C11H18N2O5S2/c1-3-13(6-7-14)20(17,18)11-8-9(19(2,15)16)4-5-10(11)12/h4-5,8,14H,3,6-7,12H2,1-2H3. The van der Waals surface area contributed by atoms with Gasteiger partial charge >= 0.3 is 0 Å². The van der Waals surface area contributed by atoms with Gasteiger partial charge in [0, 0.05) is 19.3 Å². The van der Waals surface area contributed by atoms with Crippen LogP contribution in [0.25, 0.3) is 0 Å². The Morgan fingerprint density at radius 3 is 2.30 bits per heavy atom. The number of benzene rings is 1. The molecule has 0 aliphatic carbocycles. The molecule has 114 valence electrons. The van der Waals surface area contributed by atoms with Crippen molar-refractivity contribution in [2.75, 3.05) is 31.7 Å². The Kier molecular flexibility index (Phi) is 5.14. The fraction of sp³-hybridized carbons (Fsp3) is 0.455. The van der Waals surface area contributed by atoms with Crippen molar-refractivity contribution in [3.05, 3.63) is 18.2 Å². The van der Waals surface area contributed by atoms with Gasteiger partial charge in [-0.3, -0.25) is 0 Å². The molecule has 20 heavy (non-hydrogen) atoms. The summed E-state index contributed by atoms with van der Waals surface area (Å²) in [6.45, 7) is 1.34. The lowest BCUT2D eigenvalue weighted by Crippen LogP contribution is -2.33. The number of rotatable bonds is 6. The lowest BCUT2D eigenvalue weighted by atomic mass is 10.3. The van der Waals surface area contributed by atoms with Gasteiger partial charge in [-0.1, -0.05) is 6.92 Å². The van der Waals surface area contributed by atoms with E-state index in [-0.39, 0.29) is 35.2 Å². The molecule has 0 heterocycles. The molecule has 1 aromatic carbocycles. The highest BCUT2D eigenvalue weighted by atomic mass is 32.2. The third kappa shape index (κ3) is 3.48. The van der Waals surface area contributed by atoms with E-state index >= 15 is 0 Å². The molecule has 0 atom stereocenters. The van der Waals surface area contributed by atoms with E-state index in [1.54, 1.807) is 6.92 Å². The summed E-state index contributed by atoms with van der Waals surface area (Å²) in [7, 11) is -7.48. The first-order valence-electron chi connectivity index (χ1n) is 5.85. The minimum absolute atomic E-state index is 0.0335. The quantitative estimate of drug-likeness (QED) is 0.693. The van der Waals surface area contributed by atoms with Gasteiger partial charge in [0.15, 0.2) is 9.84 Å². The maximum absolute atomic E-state index is 12.4. The number of hydrogen-bond donors (Lipinski definition) is 2. The van der Waals surface area contributed by atoms with Crippen LogP contribution in [0.2, 0.25) is 0 Å². The number of nitrogen functional groups attached to an aromatic ring is 1. The normalized spacial score (nSPS) is 12.8. The molecule has 0 unspecified atom stereocenters. The largest absolute Gasteiger partial charge is 0.398 e. The van der Waals surface area contributed by atoms with Crippen molar-refractivity contribution >= 4 is 25.5 Å². The summed E-state index contributed by atoms with van der Waals surface area (Å²) in [5, 5.41) is 8.90. The molecule has 1 aromatic rings. The highest BCUT2D eigenvalue weighted by Gasteiger charge is 2.26. The fourth-order valence-corrected chi connectivity index (χ4v) is 3.97. The van der Waals surface area contributed by atoms with Crippen LogP contribution in [0.3, 0.4) is 0 Å². The molecular formula is C11H18N2O5S2. The number of aliphatic hydroxyl groups is 1. The number of nitrogens with two attached hydrogens (primary N) is 1. The van der Waals surface area contributed by atoms with Crippen LogP contribution in [0.5, 0.6) is 0 Å². The van der Waals surface area contributed by atoms with E-state index in [4.69, 9.17) is 10.8 Å². The summed E-state index contributed by atoms with van der Waals surface area (Å²) in [5.41, 5.74) is 5.61. The van der Waals surface area contributed by atoms with Crippen LogP contribution in [-0.4, -0.2) is 52.2 Å². The van der Waals surface area contributed by atoms with Crippen molar-refractivity contribution in [1.29, 1.82) is 0 Å². The van der Waals surface area contributed by atoms with Gasteiger partial charge < -0.3 is 10.8 Å². The Hall–Kier alpha value is -1.16. The van der Waals surface area contributed by atoms with Crippen LogP contribution in [-0.2, 0) is 19.9 Å². The molecule has 0 saturated heterocycles. The van der Waals surface area contributed by atoms with Crippen molar-refractivity contribution in [1.82, 2.24) is 4.31 Å². The summed E-state index contributed by atoms with van der Waals surface area (Å²) in [6, 6.07) is 3.54. The minimum Gasteiger partial charge on any atom is -0.398 e. The van der Waals surface area contributed by atoms with E-state index in [0.29, 0.717) is 0 Å². The maximum Gasteiger partial charge on any atom is 0.245 e. The summed E-state index contributed by atoms with van der Waals surface area (Å²) in [5.74, 6) is 0. The van der Waals surface area contributed by atoms with Gasteiger partial charge in [0.05, 0.1) is 17.2 Å². The SMILES string of the molecule is CCN(CCO)S(=O)(=O)c1cc(S(C)(=O)=O)ccc1N. The third-order valence-electron chi connectivity index (χ3n) is 2.73. The van der Waals surface area contributed by atoms with Crippen molar-refractivity contribution in [3.8, 4) is 0 Å². The van der Waals surface area contributed by atoms with E-state index in [2.05, 4.69) is 0 Å². The average Bonchev–Trinajstić information content (AvgIpc) is 2.34. The van der Waals surface area contributed by atoms with Gasteiger partial charge in [-0.05, 0) is 18.2 Å². The first kappa shape index (κ1) is 16.9. The maximum atomic E-state index is 12.4. The molecule has 0 amide bonds. The number of nitrogens with zero attached hydrogens (tertiary/aromatic N) is 1. The molecule has 9 heteroatoms. The van der Waals surface area contributed by atoms with Gasteiger partial charge in [0.25, 0.3) is 0 Å². The second kappa shape index (κ2) is 6.08. The molecule has 0 fully saturated rings. The zero-order chi connectivity index (χ0) is 15.6. The first-order valence-corrected chi connectivity index (χ1v) is 9.18. The first-order chi connectivity index (χ1) is 9.14. The second-order valence-electron chi connectivity index (χ2n) is 4.19. The van der Waals surface area contributed by atoms with Crippen molar-refractivity contribution < 1.29 is 21.9 Å². The fourth-order valence-electron chi connectivity index (χ4n) is 1.67. The Bertz CT molecular complexity index is 683. The van der Waals surface area contributed by atoms with Crippen LogP contribution >= 0.6 is 0 Å².